The lowest BCUT2D eigenvalue weighted by atomic mass is 10.2. The first-order valence-corrected chi connectivity index (χ1v) is 5.36. The van der Waals surface area contributed by atoms with Crippen LogP contribution in [0.15, 0.2) is 4.99 Å². The standard InChI is InChI=1S/C9H16N2.CH2O3/c1-2-5-9-10-6-4-8-11(9)7-3-1;2-1(3)4/h1-8H2;(H2,2,3,4)/p-2. The Kier molecular flexibility index (Phi) is 4.93. The van der Waals surface area contributed by atoms with Crippen molar-refractivity contribution in [1.29, 1.82) is 0 Å². The number of amidine groups is 1. The Balaban J connectivity index is 0.000000245. The molecule has 0 amide bonds. The second-order valence-electron chi connectivity index (χ2n) is 3.70. The molecule has 2 aliphatic heterocycles. The van der Waals surface area contributed by atoms with E-state index in [1.54, 1.807) is 0 Å². The number of aliphatic imine (C=N–C) groups is 1. The van der Waals surface area contributed by atoms with E-state index in [4.69, 9.17) is 15.0 Å². The minimum Gasteiger partial charge on any atom is -0.652 e. The third kappa shape index (κ3) is 4.67. The molecular formula is C10H16N2O3-2. The number of fused-ring (bicyclic) bond motifs is 1. The van der Waals surface area contributed by atoms with Gasteiger partial charge in [0.25, 0.3) is 0 Å². The Morgan fingerprint density at radius 2 is 1.80 bits per heavy atom. The summed E-state index contributed by atoms with van der Waals surface area (Å²) in [7, 11) is 0. The van der Waals surface area contributed by atoms with Crippen LogP contribution in [0.4, 0.5) is 4.79 Å². The molecule has 1 fully saturated rings. The quantitative estimate of drug-likeness (QED) is 0.527. The zero-order valence-electron chi connectivity index (χ0n) is 8.78. The monoisotopic (exact) mass is 212 g/mol. The van der Waals surface area contributed by atoms with Crippen LogP contribution >= 0.6 is 0 Å². The van der Waals surface area contributed by atoms with Gasteiger partial charge >= 0.3 is 0 Å². The molecule has 15 heavy (non-hydrogen) atoms. The molecule has 0 aromatic carbocycles. The summed E-state index contributed by atoms with van der Waals surface area (Å²) in [4.78, 5) is 15.4. The highest BCUT2D eigenvalue weighted by Gasteiger charge is 2.16. The van der Waals surface area contributed by atoms with Crippen molar-refractivity contribution in [3.05, 3.63) is 0 Å². The molecule has 86 valence electrons. The fourth-order valence-electron chi connectivity index (χ4n) is 1.94. The second-order valence-corrected chi connectivity index (χ2v) is 3.70. The van der Waals surface area contributed by atoms with Crippen LogP contribution in [-0.2, 0) is 0 Å². The first-order valence-electron chi connectivity index (χ1n) is 5.36. The van der Waals surface area contributed by atoms with Crippen LogP contribution in [0.3, 0.4) is 0 Å². The number of carbonyl (C=O) groups excluding carboxylic acids is 1. The fourth-order valence-corrected chi connectivity index (χ4v) is 1.94. The Morgan fingerprint density at radius 3 is 2.53 bits per heavy atom. The van der Waals surface area contributed by atoms with Crippen molar-refractivity contribution < 1.29 is 15.0 Å². The molecule has 2 heterocycles. The molecule has 0 aromatic heterocycles. The van der Waals surface area contributed by atoms with Gasteiger partial charge < -0.3 is 19.9 Å². The third-order valence-corrected chi connectivity index (χ3v) is 2.57. The fraction of sp³-hybridized carbons (Fsp3) is 0.800. The molecule has 0 atom stereocenters. The van der Waals surface area contributed by atoms with E-state index in [0.29, 0.717) is 0 Å². The molecule has 0 spiro atoms. The van der Waals surface area contributed by atoms with Crippen LogP contribution in [0.2, 0.25) is 0 Å². The van der Waals surface area contributed by atoms with E-state index in [1.165, 1.54) is 51.0 Å². The van der Waals surface area contributed by atoms with Crippen LogP contribution in [-0.4, -0.2) is 36.5 Å². The van der Waals surface area contributed by atoms with Crippen LogP contribution in [0.25, 0.3) is 0 Å². The molecule has 2 rings (SSSR count). The summed E-state index contributed by atoms with van der Waals surface area (Å²) >= 11 is 0. The van der Waals surface area contributed by atoms with Gasteiger partial charge in [0, 0.05) is 26.1 Å². The van der Waals surface area contributed by atoms with E-state index < -0.39 is 6.16 Å². The van der Waals surface area contributed by atoms with Gasteiger partial charge in [-0.25, -0.2) is 0 Å². The van der Waals surface area contributed by atoms with Crippen LogP contribution in [0.1, 0.15) is 32.1 Å². The number of carbonyl (C=O) groups is 1. The van der Waals surface area contributed by atoms with Gasteiger partial charge in [-0.15, -0.1) is 0 Å². The Bertz CT molecular complexity index is 237. The highest BCUT2D eigenvalue weighted by Crippen LogP contribution is 2.15. The maximum absolute atomic E-state index is 8.33. The molecule has 5 heteroatoms. The molecule has 0 aromatic rings. The predicted molar refractivity (Wildman–Crippen MR) is 52.4 cm³/mol. The molecule has 0 bridgehead atoms. The van der Waals surface area contributed by atoms with E-state index in [0.717, 1.165) is 6.54 Å². The number of hydrogen-bond donors (Lipinski definition) is 0. The summed E-state index contributed by atoms with van der Waals surface area (Å²) in [5.41, 5.74) is 0. The van der Waals surface area contributed by atoms with Crippen LogP contribution < -0.4 is 10.2 Å². The normalized spacial score (nSPS) is 20.3. The lowest BCUT2D eigenvalue weighted by molar-refractivity contribution is -0.415. The predicted octanol–water partition coefficient (Wildman–Crippen LogP) is -0.782. The Hall–Kier alpha value is -1.26. The second kappa shape index (κ2) is 6.27. The average Bonchev–Trinajstić information content (AvgIpc) is 2.41. The number of carboxylic acid groups (broad SMARTS) is 2. The van der Waals surface area contributed by atoms with Crippen molar-refractivity contribution in [2.75, 3.05) is 19.6 Å². The minimum atomic E-state index is -2.33. The van der Waals surface area contributed by atoms with Crippen molar-refractivity contribution in [3.8, 4) is 0 Å². The highest BCUT2D eigenvalue weighted by molar-refractivity contribution is 5.83. The first-order chi connectivity index (χ1) is 7.20. The number of hydrogen-bond acceptors (Lipinski definition) is 5. The van der Waals surface area contributed by atoms with Gasteiger partial charge in [0.15, 0.2) is 0 Å². The number of nitrogens with zero attached hydrogens (tertiary/aromatic N) is 2. The van der Waals surface area contributed by atoms with Crippen molar-refractivity contribution in [3.63, 3.8) is 0 Å². The van der Waals surface area contributed by atoms with Crippen molar-refractivity contribution in [1.82, 2.24) is 4.90 Å². The van der Waals surface area contributed by atoms with E-state index in [9.17, 15) is 0 Å². The van der Waals surface area contributed by atoms with Crippen molar-refractivity contribution in [2.24, 2.45) is 4.99 Å². The molecular weight excluding hydrogens is 196 g/mol. The molecule has 2 aliphatic rings. The topological polar surface area (TPSA) is 78.8 Å². The van der Waals surface area contributed by atoms with Gasteiger partial charge in [0.05, 0.1) is 5.84 Å². The Labute approximate surface area is 89.4 Å². The Morgan fingerprint density at radius 1 is 1.13 bits per heavy atom. The summed E-state index contributed by atoms with van der Waals surface area (Å²) in [5, 5.41) is 16.7. The molecule has 0 N–H and O–H groups in total. The van der Waals surface area contributed by atoms with Crippen molar-refractivity contribution >= 4 is 12.0 Å². The van der Waals surface area contributed by atoms with Crippen LogP contribution in [0.5, 0.6) is 0 Å². The summed E-state index contributed by atoms with van der Waals surface area (Å²) in [5.74, 6) is 1.40. The lowest BCUT2D eigenvalue weighted by Crippen LogP contribution is -2.37. The van der Waals surface area contributed by atoms with E-state index in [-0.39, 0.29) is 0 Å². The molecule has 0 unspecified atom stereocenters. The van der Waals surface area contributed by atoms with Gasteiger partial charge in [0.1, 0.15) is 0 Å². The van der Waals surface area contributed by atoms with Gasteiger partial charge in [-0.05, 0) is 25.4 Å². The van der Waals surface area contributed by atoms with Crippen LogP contribution in [0, 0.1) is 0 Å². The van der Waals surface area contributed by atoms with Crippen molar-refractivity contribution in [2.45, 2.75) is 32.1 Å². The zero-order valence-corrected chi connectivity index (χ0v) is 8.78. The van der Waals surface area contributed by atoms with E-state index >= 15 is 0 Å². The summed E-state index contributed by atoms with van der Waals surface area (Å²) < 4.78 is 0. The molecule has 0 aliphatic carbocycles. The smallest absolute Gasteiger partial charge is 0.0988 e. The molecule has 1 saturated heterocycles. The van der Waals surface area contributed by atoms with Gasteiger partial charge in [0.2, 0.25) is 0 Å². The van der Waals surface area contributed by atoms with Gasteiger partial charge in [-0.2, -0.15) is 0 Å². The van der Waals surface area contributed by atoms with E-state index in [1.807, 2.05) is 0 Å². The maximum Gasteiger partial charge on any atom is 0.0988 e. The summed E-state index contributed by atoms with van der Waals surface area (Å²) in [6.45, 7) is 3.60. The largest absolute Gasteiger partial charge is 0.652 e. The molecule has 0 saturated carbocycles. The van der Waals surface area contributed by atoms with Gasteiger partial charge in [-0.1, -0.05) is 6.42 Å². The zero-order chi connectivity index (χ0) is 11.1. The highest BCUT2D eigenvalue weighted by atomic mass is 16.6. The maximum atomic E-state index is 8.33. The number of rotatable bonds is 0. The average molecular weight is 212 g/mol. The lowest BCUT2D eigenvalue weighted by Gasteiger charge is -2.27. The first kappa shape index (κ1) is 11.8. The third-order valence-electron chi connectivity index (χ3n) is 2.57. The van der Waals surface area contributed by atoms with Gasteiger partial charge in [-0.3, -0.25) is 4.99 Å². The van der Waals surface area contributed by atoms with E-state index in [2.05, 4.69) is 9.89 Å². The molecule has 0 radical (unpaired) electrons. The summed E-state index contributed by atoms with van der Waals surface area (Å²) in [6, 6.07) is 0. The molecule has 5 nitrogen and oxygen atoms in total. The summed E-state index contributed by atoms with van der Waals surface area (Å²) in [6.07, 6.45) is 4.30. The minimum absolute atomic E-state index is 1.08. The SMILES string of the molecule is C1CCC2=NCCCN2CC1.O=C([O-])[O-].